The van der Waals surface area contributed by atoms with Gasteiger partial charge in [-0.3, -0.25) is 0 Å². The zero-order chi connectivity index (χ0) is 18.6. The van der Waals surface area contributed by atoms with Crippen molar-refractivity contribution in [3.63, 3.8) is 0 Å². The summed E-state index contributed by atoms with van der Waals surface area (Å²) in [5.41, 5.74) is 7.06. The fraction of sp³-hybridized carbons (Fsp3) is 0.500. The van der Waals surface area contributed by atoms with Crippen molar-refractivity contribution in [3.8, 4) is 16.9 Å². The summed E-state index contributed by atoms with van der Waals surface area (Å²) in [6.07, 6.45) is 3.31. The zero-order valence-electron chi connectivity index (χ0n) is 16.8. The van der Waals surface area contributed by atoms with Gasteiger partial charge in [-0.25, -0.2) is 0 Å². The molecule has 0 saturated carbocycles. The van der Waals surface area contributed by atoms with E-state index in [-0.39, 0.29) is 0 Å². The minimum atomic E-state index is 0.331. The van der Waals surface area contributed by atoms with Gasteiger partial charge in [0.1, 0.15) is 5.75 Å². The second-order valence-corrected chi connectivity index (χ2v) is 8.58. The molecule has 1 nitrogen and oxygen atoms in total. The molecule has 0 atom stereocenters. The van der Waals surface area contributed by atoms with E-state index in [1.807, 2.05) is 12.1 Å². The van der Waals surface area contributed by atoms with Crippen LogP contribution in [0.1, 0.15) is 58.2 Å². The molecule has 0 spiro atoms. The van der Waals surface area contributed by atoms with Gasteiger partial charge in [-0.2, -0.15) is 0 Å². The van der Waals surface area contributed by atoms with Crippen LogP contribution in [-0.2, 0) is 19.3 Å². The fourth-order valence-electron chi connectivity index (χ4n) is 3.61. The minimum absolute atomic E-state index is 0.331. The third kappa shape index (κ3) is 5.36. The maximum atomic E-state index is 9.71. The second kappa shape index (κ2) is 8.56. The van der Waals surface area contributed by atoms with Gasteiger partial charge in [0.05, 0.1) is 0 Å². The highest BCUT2D eigenvalue weighted by atomic mass is 16.3. The molecule has 0 heterocycles. The van der Waals surface area contributed by atoms with Crippen LogP contribution in [0.25, 0.3) is 11.1 Å². The average molecular weight is 339 g/mol. The van der Waals surface area contributed by atoms with Gasteiger partial charge >= 0.3 is 0 Å². The van der Waals surface area contributed by atoms with E-state index in [9.17, 15) is 5.11 Å². The van der Waals surface area contributed by atoms with Gasteiger partial charge in [0, 0.05) is 0 Å². The molecule has 0 amide bonds. The lowest BCUT2D eigenvalue weighted by atomic mass is 9.82. The summed E-state index contributed by atoms with van der Waals surface area (Å²) in [5, 5.41) is 9.71. The lowest BCUT2D eigenvalue weighted by Gasteiger charge is -2.22. The third-order valence-corrected chi connectivity index (χ3v) is 4.52. The van der Waals surface area contributed by atoms with Crippen LogP contribution in [0.3, 0.4) is 0 Å². The van der Waals surface area contributed by atoms with E-state index in [0.29, 0.717) is 23.5 Å². The van der Waals surface area contributed by atoms with E-state index >= 15 is 0 Å². The monoisotopic (exact) mass is 338 g/mol. The number of benzene rings is 2. The Kier molecular flexibility index (Phi) is 6.70. The molecule has 25 heavy (non-hydrogen) atoms. The third-order valence-electron chi connectivity index (χ3n) is 4.52. The van der Waals surface area contributed by atoms with Crippen LogP contribution < -0.4 is 0 Å². The Labute approximate surface area is 154 Å². The van der Waals surface area contributed by atoms with E-state index in [4.69, 9.17) is 0 Å². The van der Waals surface area contributed by atoms with Gasteiger partial charge in [-0.15, -0.1) is 0 Å². The van der Waals surface area contributed by atoms with Crippen LogP contribution in [0.15, 0.2) is 36.4 Å². The van der Waals surface area contributed by atoms with Crippen LogP contribution in [-0.4, -0.2) is 5.11 Å². The molecule has 0 aliphatic heterocycles. The number of aromatic hydroxyl groups is 1. The molecule has 0 aromatic heterocycles. The van der Waals surface area contributed by atoms with Crippen LogP contribution in [0.4, 0.5) is 0 Å². The molecule has 0 bridgehead atoms. The molecule has 1 N–H and O–H groups in total. The smallest absolute Gasteiger partial charge is 0.115 e. The minimum Gasteiger partial charge on any atom is -0.508 e. The van der Waals surface area contributed by atoms with Crippen molar-refractivity contribution in [2.45, 2.75) is 60.8 Å². The van der Waals surface area contributed by atoms with Crippen molar-refractivity contribution in [1.82, 2.24) is 0 Å². The second-order valence-electron chi connectivity index (χ2n) is 8.58. The van der Waals surface area contributed by atoms with Gasteiger partial charge in [0.2, 0.25) is 0 Å². The predicted molar refractivity (Wildman–Crippen MR) is 109 cm³/mol. The normalized spacial score (nSPS) is 11.7. The Hall–Kier alpha value is -1.76. The molecule has 2 aromatic carbocycles. The summed E-state index contributed by atoms with van der Waals surface area (Å²) in [4.78, 5) is 0. The Morgan fingerprint density at radius 1 is 0.640 bits per heavy atom. The number of rotatable bonds is 7. The van der Waals surface area contributed by atoms with E-state index in [2.05, 4.69) is 65.8 Å². The quantitative estimate of drug-likeness (QED) is 0.599. The molecular weight excluding hydrogens is 304 g/mol. The van der Waals surface area contributed by atoms with Crippen LogP contribution in [0.2, 0.25) is 0 Å². The molecule has 0 fully saturated rings. The van der Waals surface area contributed by atoms with Crippen molar-refractivity contribution in [1.29, 1.82) is 0 Å². The van der Waals surface area contributed by atoms with Crippen molar-refractivity contribution in [2.24, 2.45) is 17.8 Å². The maximum absolute atomic E-state index is 9.71. The highest BCUT2D eigenvalue weighted by Gasteiger charge is 2.17. The lowest BCUT2D eigenvalue weighted by molar-refractivity contribution is 0.475. The standard InChI is InChI=1S/C24H34O/c1-16(2)13-20-7-8-21(14-17(3)4)24(23(20)15-18(5)6)19-9-11-22(25)12-10-19/h7-12,16-18,25H,13-15H2,1-6H3. The summed E-state index contributed by atoms with van der Waals surface area (Å²) in [6.45, 7) is 13.8. The first-order chi connectivity index (χ1) is 11.8. The first-order valence-electron chi connectivity index (χ1n) is 9.71. The summed E-state index contributed by atoms with van der Waals surface area (Å²) in [5.74, 6) is 2.22. The Bertz CT molecular complexity index is 678. The Balaban J connectivity index is 2.68. The zero-order valence-corrected chi connectivity index (χ0v) is 16.8. The molecule has 2 aromatic rings. The largest absolute Gasteiger partial charge is 0.508 e. The molecule has 1 heteroatoms. The number of hydrogen-bond acceptors (Lipinski definition) is 1. The summed E-state index contributed by atoms with van der Waals surface area (Å²) in [6, 6.07) is 12.4. The predicted octanol–water partition coefficient (Wildman–Crippen LogP) is 6.65. The number of phenols is 1. The van der Waals surface area contributed by atoms with Crippen LogP contribution >= 0.6 is 0 Å². The molecule has 0 aliphatic rings. The van der Waals surface area contributed by atoms with E-state index in [0.717, 1.165) is 19.3 Å². The SMILES string of the molecule is CC(C)Cc1ccc(CC(C)C)c(-c2ccc(O)cc2)c1CC(C)C. The van der Waals surface area contributed by atoms with Crippen molar-refractivity contribution >= 4 is 0 Å². The molecule has 0 radical (unpaired) electrons. The first kappa shape index (κ1) is 19.6. The lowest BCUT2D eigenvalue weighted by Crippen LogP contribution is -2.08. The van der Waals surface area contributed by atoms with E-state index in [1.54, 1.807) is 0 Å². The van der Waals surface area contributed by atoms with Crippen LogP contribution in [0.5, 0.6) is 5.75 Å². The van der Waals surface area contributed by atoms with Gasteiger partial charge in [-0.05, 0) is 77.0 Å². The number of hydrogen-bond donors (Lipinski definition) is 1. The molecule has 136 valence electrons. The van der Waals surface area contributed by atoms with E-state index < -0.39 is 0 Å². The molecule has 2 rings (SSSR count). The highest BCUT2D eigenvalue weighted by Crippen LogP contribution is 2.35. The summed E-state index contributed by atoms with van der Waals surface area (Å²) < 4.78 is 0. The maximum Gasteiger partial charge on any atom is 0.115 e. The Morgan fingerprint density at radius 3 is 1.64 bits per heavy atom. The molecule has 0 saturated heterocycles. The van der Waals surface area contributed by atoms with E-state index in [1.165, 1.54) is 27.8 Å². The van der Waals surface area contributed by atoms with Gasteiger partial charge < -0.3 is 5.11 Å². The number of phenolic OH excluding ortho intramolecular Hbond substituents is 1. The van der Waals surface area contributed by atoms with Gasteiger partial charge in [-0.1, -0.05) is 65.8 Å². The first-order valence-corrected chi connectivity index (χ1v) is 9.71. The molecule has 0 unspecified atom stereocenters. The highest BCUT2D eigenvalue weighted by molar-refractivity contribution is 5.73. The van der Waals surface area contributed by atoms with Gasteiger partial charge in [0.15, 0.2) is 0 Å². The molecular formula is C24H34O. The van der Waals surface area contributed by atoms with Crippen molar-refractivity contribution in [3.05, 3.63) is 53.1 Å². The summed E-state index contributed by atoms with van der Waals surface area (Å²) in [7, 11) is 0. The van der Waals surface area contributed by atoms with Gasteiger partial charge in [0.25, 0.3) is 0 Å². The van der Waals surface area contributed by atoms with Crippen LogP contribution in [0, 0.1) is 17.8 Å². The average Bonchev–Trinajstić information content (AvgIpc) is 2.50. The van der Waals surface area contributed by atoms with Crippen molar-refractivity contribution < 1.29 is 5.11 Å². The topological polar surface area (TPSA) is 20.2 Å². The fourth-order valence-corrected chi connectivity index (χ4v) is 3.61. The Morgan fingerprint density at radius 2 is 1.12 bits per heavy atom. The van der Waals surface area contributed by atoms with Crippen molar-refractivity contribution in [2.75, 3.05) is 0 Å². The molecule has 0 aliphatic carbocycles. The summed E-state index contributed by atoms with van der Waals surface area (Å²) >= 11 is 0.